The first-order chi connectivity index (χ1) is 16.5. The molecule has 0 saturated heterocycles. The number of rotatable bonds is 8. The highest BCUT2D eigenvalue weighted by molar-refractivity contribution is 7.99. The van der Waals surface area contributed by atoms with Gasteiger partial charge >= 0.3 is 0 Å². The summed E-state index contributed by atoms with van der Waals surface area (Å²) in [7, 11) is 1.42. The van der Waals surface area contributed by atoms with E-state index >= 15 is 0 Å². The lowest BCUT2D eigenvalue weighted by molar-refractivity contribution is -0.128. The van der Waals surface area contributed by atoms with Crippen molar-refractivity contribution in [2.45, 2.75) is 56.8 Å². The molecule has 1 saturated carbocycles. The first-order valence-corrected chi connectivity index (χ1v) is 12.7. The van der Waals surface area contributed by atoms with Crippen molar-refractivity contribution in [2.75, 3.05) is 19.4 Å². The van der Waals surface area contributed by atoms with Crippen LogP contribution in [0, 0.1) is 5.82 Å². The molecule has 1 aromatic heterocycles. The molecular formula is C26H30FN3O3S. The molecule has 0 spiro atoms. The first kappa shape index (κ1) is 24.3. The van der Waals surface area contributed by atoms with Crippen LogP contribution >= 0.6 is 11.8 Å². The van der Waals surface area contributed by atoms with E-state index in [-0.39, 0.29) is 29.0 Å². The second kappa shape index (κ2) is 11.0. The van der Waals surface area contributed by atoms with Crippen molar-refractivity contribution in [2.24, 2.45) is 0 Å². The predicted molar refractivity (Wildman–Crippen MR) is 133 cm³/mol. The van der Waals surface area contributed by atoms with Gasteiger partial charge in [0, 0.05) is 19.1 Å². The molecule has 1 amide bonds. The summed E-state index contributed by atoms with van der Waals surface area (Å²) < 4.78 is 20.9. The predicted octanol–water partition coefficient (Wildman–Crippen LogP) is 5.19. The maximum Gasteiger partial charge on any atom is 0.262 e. The van der Waals surface area contributed by atoms with Gasteiger partial charge in [-0.15, -0.1) is 0 Å². The number of halogens is 1. The Kier molecular flexibility index (Phi) is 7.88. The van der Waals surface area contributed by atoms with Gasteiger partial charge in [-0.25, -0.2) is 9.37 Å². The fraction of sp³-hybridized carbons (Fsp3) is 0.423. The number of carbonyl (C=O) groups is 1. The van der Waals surface area contributed by atoms with Crippen molar-refractivity contribution >= 4 is 28.6 Å². The SMILES string of the molecule is CCN(Cc1ccc(OC)c(F)c1)C(=O)CSc1nc2ccccc2c(=O)n1C1CCCCC1. The van der Waals surface area contributed by atoms with Crippen molar-refractivity contribution in [3.8, 4) is 5.75 Å². The highest BCUT2D eigenvalue weighted by Gasteiger charge is 2.23. The van der Waals surface area contributed by atoms with Crippen LogP contribution in [-0.4, -0.2) is 39.8 Å². The fourth-order valence-electron chi connectivity index (χ4n) is 4.51. The van der Waals surface area contributed by atoms with Crippen molar-refractivity contribution < 1.29 is 13.9 Å². The molecule has 0 unspecified atom stereocenters. The van der Waals surface area contributed by atoms with Crippen LogP contribution in [0.4, 0.5) is 4.39 Å². The lowest BCUT2D eigenvalue weighted by Gasteiger charge is -2.26. The van der Waals surface area contributed by atoms with Crippen molar-refractivity contribution in [3.63, 3.8) is 0 Å². The Morgan fingerprint density at radius 1 is 1.21 bits per heavy atom. The standard InChI is InChI=1S/C26H30FN3O3S/c1-3-29(16-18-13-14-23(33-2)21(27)15-18)24(31)17-34-26-28-22-12-8-7-11-20(22)25(32)30(26)19-9-5-4-6-10-19/h7-8,11-15,19H,3-6,9-10,16-17H2,1-2H3. The highest BCUT2D eigenvalue weighted by atomic mass is 32.2. The van der Waals surface area contributed by atoms with Crippen LogP contribution in [0.1, 0.15) is 50.6 Å². The molecule has 1 aliphatic rings. The zero-order valence-electron chi connectivity index (χ0n) is 19.6. The van der Waals surface area contributed by atoms with Gasteiger partial charge in [0.2, 0.25) is 5.91 Å². The number of amides is 1. The largest absolute Gasteiger partial charge is 0.494 e. The van der Waals surface area contributed by atoms with E-state index in [2.05, 4.69) is 0 Å². The topological polar surface area (TPSA) is 64.4 Å². The van der Waals surface area contributed by atoms with Gasteiger partial charge in [0.25, 0.3) is 5.56 Å². The summed E-state index contributed by atoms with van der Waals surface area (Å²) in [6.07, 6.45) is 5.27. The second-order valence-electron chi connectivity index (χ2n) is 8.54. The summed E-state index contributed by atoms with van der Waals surface area (Å²) in [4.78, 5) is 32.9. The minimum atomic E-state index is -0.449. The Labute approximate surface area is 203 Å². The van der Waals surface area contributed by atoms with Gasteiger partial charge < -0.3 is 9.64 Å². The molecule has 6 nitrogen and oxygen atoms in total. The molecule has 4 rings (SSSR count). The van der Waals surface area contributed by atoms with E-state index in [0.717, 1.165) is 25.7 Å². The molecule has 1 fully saturated rings. The highest BCUT2D eigenvalue weighted by Crippen LogP contribution is 2.31. The average molecular weight is 484 g/mol. The number of benzene rings is 2. The van der Waals surface area contributed by atoms with Crippen molar-refractivity contribution in [1.29, 1.82) is 0 Å². The Bertz CT molecular complexity index is 1220. The third-order valence-corrected chi connectivity index (χ3v) is 7.30. The van der Waals surface area contributed by atoms with Crippen LogP contribution in [0.5, 0.6) is 5.75 Å². The van der Waals surface area contributed by atoms with E-state index in [1.54, 1.807) is 17.0 Å². The maximum absolute atomic E-state index is 14.1. The van der Waals surface area contributed by atoms with E-state index < -0.39 is 5.82 Å². The van der Waals surface area contributed by atoms with Crippen LogP contribution in [0.3, 0.4) is 0 Å². The number of aromatic nitrogens is 2. The maximum atomic E-state index is 14.1. The van der Waals surface area contributed by atoms with Crippen LogP contribution in [0.2, 0.25) is 0 Å². The van der Waals surface area contributed by atoms with E-state index in [1.807, 2.05) is 35.8 Å². The van der Waals surface area contributed by atoms with Crippen molar-refractivity contribution in [1.82, 2.24) is 14.5 Å². The number of nitrogens with zero attached hydrogens (tertiary/aromatic N) is 3. The smallest absolute Gasteiger partial charge is 0.262 e. The van der Waals surface area contributed by atoms with Gasteiger partial charge in [-0.05, 0) is 49.6 Å². The van der Waals surface area contributed by atoms with Gasteiger partial charge in [0.05, 0.1) is 23.8 Å². The van der Waals surface area contributed by atoms with Gasteiger partial charge in [-0.2, -0.15) is 0 Å². The molecule has 1 heterocycles. The molecule has 0 N–H and O–H groups in total. The molecule has 34 heavy (non-hydrogen) atoms. The average Bonchev–Trinajstić information content (AvgIpc) is 2.86. The quantitative estimate of drug-likeness (QED) is 0.326. The third-order valence-electron chi connectivity index (χ3n) is 6.36. The summed E-state index contributed by atoms with van der Waals surface area (Å²) in [6.45, 7) is 2.69. The van der Waals surface area contributed by atoms with Crippen LogP contribution in [-0.2, 0) is 11.3 Å². The normalized spacial score (nSPS) is 14.3. The number of ether oxygens (including phenoxy) is 1. The lowest BCUT2D eigenvalue weighted by Crippen LogP contribution is -2.33. The summed E-state index contributed by atoms with van der Waals surface area (Å²) in [5, 5.41) is 1.20. The van der Waals surface area contributed by atoms with Gasteiger partial charge in [-0.1, -0.05) is 49.2 Å². The summed E-state index contributed by atoms with van der Waals surface area (Å²) >= 11 is 1.31. The van der Waals surface area contributed by atoms with Gasteiger partial charge in [0.15, 0.2) is 16.7 Å². The van der Waals surface area contributed by atoms with Crippen LogP contribution in [0.15, 0.2) is 52.4 Å². The molecule has 2 aromatic carbocycles. The van der Waals surface area contributed by atoms with Crippen LogP contribution in [0.25, 0.3) is 10.9 Å². The van der Waals surface area contributed by atoms with E-state index in [1.165, 1.54) is 31.4 Å². The molecule has 0 atom stereocenters. The number of carbonyl (C=O) groups excluding carboxylic acids is 1. The molecule has 0 bridgehead atoms. The van der Waals surface area contributed by atoms with Gasteiger partial charge in [-0.3, -0.25) is 14.2 Å². The van der Waals surface area contributed by atoms with E-state index in [9.17, 15) is 14.0 Å². The zero-order valence-corrected chi connectivity index (χ0v) is 20.4. The number of hydrogen-bond donors (Lipinski definition) is 0. The van der Waals surface area contributed by atoms with E-state index in [0.29, 0.717) is 34.7 Å². The number of hydrogen-bond acceptors (Lipinski definition) is 5. The molecular weight excluding hydrogens is 453 g/mol. The van der Waals surface area contributed by atoms with Gasteiger partial charge in [0.1, 0.15) is 0 Å². The van der Waals surface area contributed by atoms with Crippen LogP contribution < -0.4 is 10.3 Å². The summed E-state index contributed by atoms with van der Waals surface area (Å²) in [6, 6.07) is 12.2. The summed E-state index contributed by atoms with van der Waals surface area (Å²) in [5.74, 6) is -0.197. The Balaban J connectivity index is 1.55. The first-order valence-electron chi connectivity index (χ1n) is 11.8. The molecule has 8 heteroatoms. The second-order valence-corrected chi connectivity index (χ2v) is 9.49. The minimum Gasteiger partial charge on any atom is -0.494 e. The summed E-state index contributed by atoms with van der Waals surface area (Å²) in [5.41, 5.74) is 1.31. The Morgan fingerprint density at radius 2 is 1.97 bits per heavy atom. The monoisotopic (exact) mass is 483 g/mol. The van der Waals surface area contributed by atoms with E-state index in [4.69, 9.17) is 9.72 Å². The zero-order chi connectivity index (χ0) is 24.1. The molecule has 1 aliphatic carbocycles. The molecule has 3 aromatic rings. The number of methoxy groups -OCH3 is 1. The number of fused-ring (bicyclic) bond motifs is 1. The minimum absolute atomic E-state index is 0.0338. The molecule has 0 radical (unpaired) electrons. The van der Waals surface area contributed by atoms with Crippen molar-refractivity contribution in [3.05, 3.63) is 64.2 Å². The number of para-hydroxylation sites is 1. The fourth-order valence-corrected chi connectivity index (χ4v) is 5.48. The Morgan fingerprint density at radius 3 is 2.68 bits per heavy atom. The molecule has 180 valence electrons. The molecule has 0 aliphatic heterocycles. The lowest BCUT2D eigenvalue weighted by atomic mass is 9.95. The Hall–Kier alpha value is -2.87. The third kappa shape index (κ3) is 5.27. The number of thioether (sulfide) groups is 1.